The Bertz CT molecular complexity index is 1390. The van der Waals surface area contributed by atoms with Gasteiger partial charge in [0.2, 0.25) is 0 Å². The standard InChI is InChI=1S/C25H31N4O8P/c1-15(2)35-24(31)16(3)28-38(33,37-20-10-6-8-17-7-4-5-9-18(17)20)34-14-21-19(30)13-23(36-21)29-12-11-22(26)27-25(29)32/h4-12,15-16,19,21,23,30H,13-14H2,1-3H3,(H,28,33)(H2,26,27,32)/t16-,19?,21+,23+,38?/m0/s1. The molecule has 5 atom stereocenters. The van der Waals surface area contributed by atoms with Gasteiger partial charge in [-0.2, -0.15) is 10.1 Å². The number of nitrogens with one attached hydrogen (secondary N) is 1. The van der Waals surface area contributed by atoms with Gasteiger partial charge in [-0.1, -0.05) is 36.4 Å². The van der Waals surface area contributed by atoms with Gasteiger partial charge < -0.3 is 24.8 Å². The zero-order chi connectivity index (χ0) is 27.4. The van der Waals surface area contributed by atoms with Crippen molar-refractivity contribution in [3.05, 3.63) is 65.2 Å². The van der Waals surface area contributed by atoms with Crippen LogP contribution in [-0.2, 0) is 23.4 Å². The summed E-state index contributed by atoms with van der Waals surface area (Å²) in [7, 11) is -4.23. The Labute approximate surface area is 219 Å². The molecule has 1 aliphatic rings. The van der Waals surface area contributed by atoms with Crippen molar-refractivity contribution in [3.63, 3.8) is 0 Å². The quantitative estimate of drug-likeness (QED) is 0.253. The largest absolute Gasteiger partial charge is 0.462 e. The molecule has 0 aliphatic carbocycles. The van der Waals surface area contributed by atoms with Crippen LogP contribution in [0.3, 0.4) is 0 Å². The van der Waals surface area contributed by atoms with Gasteiger partial charge in [0.1, 0.15) is 29.9 Å². The highest BCUT2D eigenvalue weighted by molar-refractivity contribution is 7.52. The molecule has 1 fully saturated rings. The van der Waals surface area contributed by atoms with Gasteiger partial charge in [0.05, 0.1) is 18.8 Å². The average molecular weight is 547 g/mol. The van der Waals surface area contributed by atoms with Crippen LogP contribution in [0.4, 0.5) is 5.82 Å². The van der Waals surface area contributed by atoms with Crippen molar-refractivity contribution in [1.82, 2.24) is 14.6 Å². The third-order valence-electron chi connectivity index (χ3n) is 5.80. The number of nitrogens with two attached hydrogens (primary N) is 1. The normalized spacial score (nSPS) is 21.8. The highest BCUT2D eigenvalue weighted by Gasteiger charge is 2.39. The second-order valence-electron chi connectivity index (χ2n) is 9.17. The van der Waals surface area contributed by atoms with Crippen LogP contribution in [0.15, 0.2) is 59.5 Å². The fourth-order valence-corrected chi connectivity index (χ4v) is 5.49. The lowest BCUT2D eigenvalue weighted by Gasteiger charge is -2.25. The highest BCUT2D eigenvalue weighted by atomic mass is 31.2. The van der Waals surface area contributed by atoms with E-state index >= 15 is 0 Å². The molecule has 1 saturated heterocycles. The fraction of sp³-hybridized carbons (Fsp3) is 0.400. The minimum absolute atomic E-state index is 0.0624. The number of carbonyl (C=O) groups excluding carboxylic acids is 1. The van der Waals surface area contributed by atoms with Crippen LogP contribution in [-0.4, -0.2) is 51.6 Å². The maximum Gasteiger partial charge on any atom is 0.459 e. The van der Waals surface area contributed by atoms with E-state index < -0.39 is 43.9 Å². The van der Waals surface area contributed by atoms with Crippen LogP contribution in [0.2, 0.25) is 0 Å². The Morgan fingerprint density at radius 3 is 2.71 bits per heavy atom. The third-order valence-corrected chi connectivity index (χ3v) is 7.43. The van der Waals surface area contributed by atoms with Crippen molar-refractivity contribution in [3.8, 4) is 5.75 Å². The summed E-state index contributed by atoms with van der Waals surface area (Å²) in [5.41, 5.74) is 4.91. The van der Waals surface area contributed by atoms with Crippen LogP contribution >= 0.6 is 7.75 Å². The minimum atomic E-state index is -4.23. The number of hydrogen-bond donors (Lipinski definition) is 3. The lowest BCUT2D eigenvalue weighted by atomic mass is 10.1. The van der Waals surface area contributed by atoms with Gasteiger partial charge in [0.15, 0.2) is 0 Å². The molecule has 4 rings (SSSR count). The van der Waals surface area contributed by atoms with Crippen molar-refractivity contribution in [1.29, 1.82) is 0 Å². The molecule has 0 saturated carbocycles. The molecule has 0 bridgehead atoms. The van der Waals surface area contributed by atoms with E-state index in [2.05, 4.69) is 10.1 Å². The van der Waals surface area contributed by atoms with E-state index in [1.807, 2.05) is 24.3 Å². The third kappa shape index (κ3) is 6.58. The molecule has 12 nitrogen and oxygen atoms in total. The molecule has 1 aliphatic heterocycles. The van der Waals surface area contributed by atoms with Gasteiger partial charge >= 0.3 is 19.4 Å². The number of carbonyl (C=O) groups is 1. The summed E-state index contributed by atoms with van der Waals surface area (Å²) in [6.07, 6.45) is -1.71. The summed E-state index contributed by atoms with van der Waals surface area (Å²) >= 11 is 0. The number of aromatic nitrogens is 2. The van der Waals surface area contributed by atoms with E-state index in [1.165, 1.54) is 23.8 Å². The molecule has 0 amide bonds. The van der Waals surface area contributed by atoms with Crippen LogP contribution in [0.1, 0.15) is 33.4 Å². The molecule has 1 aromatic heterocycles. The smallest absolute Gasteiger partial charge is 0.459 e. The monoisotopic (exact) mass is 546 g/mol. The SMILES string of the molecule is CC(C)OC(=O)[C@H](C)NP(=O)(OC[C@H]1O[C@@H](n2ccc(N)nc2=O)CC1O)Oc1cccc2ccccc12. The lowest BCUT2D eigenvalue weighted by molar-refractivity contribution is -0.149. The number of esters is 1. The first-order chi connectivity index (χ1) is 18.0. The number of nitrogens with zero attached hydrogens (tertiary/aromatic N) is 2. The van der Waals surface area contributed by atoms with Crippen molar-refractivity contribution in [2.24, 2.45) is 0 Å². The van der Waals surface area contributed by atoms with E-state index in [4.69, 9.17) is 24.3 Å². The molecule has 2 heterocycles. The van der Waals surface area contributed by atoms with Crippen LogP contribution in [0.5, 0.6) is 5.75 Å². The van der Waals surface area contributed by atoms with Gasteiger partial charge in [-0.15, -0.1) is 0 Å². The number of benzene rings is 2. The van der Waals surface area contributed by atoms with Crippen molar-refractivity contribution in [2.45, 2.75) is 57.8 Å². The molecule has 13 heteroatoms. The van der Waals surface area contributed by atoms with Gasteiger partial charge in [0, 0.05) is 18.0 Å². The predicted octanol–water partition coefficient (Wildman–Crippen LogP) is 2.76. The second-order valence-corrected chi connectivity index (χ2v) is 10.9. The molecule has 38 heavy (non-hydrogen) atoms. The maximum absolute atomic E-state index is 14.0. The molecule has 2 aromatic carbocycles. The first-order valence-corrected chi connectivity index (χ1v) is 13.7. The molecule has 3 aromatic rings. The van der Waals surface area contributed by atoms with Crippen LogP contribution in [0, 0.1) is 0 Å². The van der Waals surface area contributed by atoms with Crippen molar-refractivity contribution < 1.29 is 33.0 Å². The van der Waals surface area contributed by atoms with Gasteiger partial charge in [-0.3, -0.25) is 13.9 Å². The highest BCUT2D eigenvalue weighted by Crippen LogP contribution is 2.47. The van der Waals surface area contributed by atoms with E-state index in [-0.39, 0.29) is 30.7 Å². The fourth-order valence-electron chi connectivity index (χ4n) is 3.97. The summed E-state index contributed by atoms with van der Waals surface area (Å²) in [5.74, 6) is -0.307. The summed E-state index contributed by atoms with van der Waals surface area (Å²) in [4.78, 5) is 28.3. The number of ether oxygens (including phenoxy) is 2. The zero-order valence-electron chi connectivity index (χ0n) is 21.2. The van der Waals surface area contributed by atoms with E-state index in [0.29, 0.717) is 5.39 Å². The number of fused-ring (bicyclic) bond motifs is 1. The summed E-state index contributed by atoms with van der Waals surface area (Å²) in [5, 5.41) is 14.7. The van der Waals surface area contributed by atoms with Gasteiger partial charge in [-0.25, -0.2) is 9.36 Å². The molecule has 2 unspecified atom stereocenters. The molecule has 0 spiro atoms. The van der Waals surface area contributed by atoms with Gasteiger partial charge in [-0.05, 0) is 38.3 Å². The number of aliphatic hydroxyl groups excluding tert-OH is 1. The summed E-state index contributed by atoms with van der Waals surface area (Å²) < 4.78 is 37.8. The second kappa shape index (κ2) is 11.6. The van der Waals surface area contributed by atoms with Gasteiger partial charge in [0.25, 0.3) is 0 Å². The summed E-state index contributed by atoms with van der Waals surface area (Å²) in [6, 6.07) is 13.0. The van der Waals surface area contributed by atoms with E-state index in [9.17, 15) is 19.3 Å². The number of aliphatic hydroxyl groups is 1. The Hall–Kier alpha value is -3.28. The number of hydrogen-bond acceptors (Lipinski definition) is 10. The molecular weight excluding hydrogens is 515 g/mol. The predicted molar refractivity (Wildman–Crippen MR) is 139 cm³/mol. The first kappa shape index (κ1) is 27.7. The van der Waals surface area contributed by atoms with Crippen molar-refractivity contribution in [2.75, 3.05) is 12.3 Å². The average Bonchev–Trinajstić information content (AvgIpc) is 3.22. The van der Waals surface area contributed by atoms with Crippen LogP contribution < -0.4 is 21.0 Å². The Morgan fingerprint density at radius 2 is 1.97 bits per heavy atom. The molecule has 4 N–H and O–H groups in total. The number of rotatable bonds is 10. The molecule has 204 valence electrons. The Morgan fingerprint density at radius 1 is 1.24 bits per heavy atom. The van der Waals surface area contributed by atoms with E-state index in [1.54, 1.807) is 32.0 Å². The maximum atomic E-state index is 14.0. The minimum Gasteiger partial charge on any atom is -0.462 e. The zero-order valence-corrected chi connectivity index (χ0v) is 22.1. The lowest BCUT2D eigenvalue weighted by Crippen LogP contribution is -2.37. The molecular formula is C25H31N4O8P. The Balaban J connectivity index is 1.54. The summed E-state index contributed by atoms with van der Waals surface area (Å²) in [6.45, 7) is 4.51. The number of anilines is 1. The Kier molecular flexibility index (Phi) is 8.49. The topological polar surface area (TPSA) is 164 Å². The van der Waals surface area contributed by atoms with Crippen LogP contribution in [0.25, 0.3) is 10.8 Å². The molecule has 0 radical (unpaired) electrons. The number of nitrogen functional groups attached to an aromatic ring is 1. The van der Waals surface area contributed by atoms with Crippen molar-refractivity contribution >= 4 is 30.3 Å². The van der Waals surface area contributed by atoms with E-state index in [0.717, 1.165) is 5.39 Å². The first-order valence-electron chi connectivity index (χ1n) is 12.1.